The first-order valence-corrected chi connectivity index (χ1v) is 7.99. The van der Waals surface area contributed by atoms with Crippen molar-refractivity contribution >= 4 is 5.91 Å². The Kier molecular flexibility index (Phi) is 5.12. The molecule has 2 N–H and O–H groups in total. The molecule has 1 heterocycles. The number of aromatic nitrogens is 1. The minimum absolute atomic E-state index is 0.0510. The van der Waals surface area contributed by atoms with Gasteiger partial charge in [0.1, 0.15) is 5.75 Å². The van der Waals surface area contributed by atoms with Gasteiger partial charge in [0.2, 0.25) is 5.88 Å². The second-order valence-electron chi connectivity index (χ2n) is 5.65. The summed E-state index contributed by atoms with van der Waals surface area (Å²) < 4.78 is 19.3. The molecule has 0 aliphatic rings. The number of carbonyl (C=O) groups is 1. The van der Waals surface area contributed by atoms with Crippen molar-refractivity contribution in [3.05, 3.63) is 83.3 Å². The fourth-order valence-corrected chi connectivity index (χ4v) is 2.40. The van der Waals surface area contributed by atoms with Crippen LogP contribution in [0.2, 0.25) is 0 Å². The summed E-state index contributed by atoms with van der Waals surface area (Å²) in [6, 6.07) is 14.4. The highest BCUT2D eigenvalue weighted by atomic mass is 19.1. The Hall–Kier alpha value is -3.41. The molecule has 0 fully saturated rings. The minimum atomic E-state index is -0.502. The molecule has 0 bridgehead atoms. The van der Waals surface area contributed by atoms with E-state index in [9.17, 15) is 14.3 Å². The number of phenols is 1. The number of amides is 1. The molecule has 0 saturated carbocycles. The maximum absolute atomic E-state index is 13.8. The van der Waals surface area contributed by atoms with Crippen molar-refractivity contribution in [2.75, 3.05) is 0 Å². The van der Waals surface area contributed by atoms with E-state index in [0.29, 0.717) is 11.1 Å². The predicted molar refractivity (Wildman–Crippen MR) is 94.7 cm³/mol. The van der Waals surface area contributed by atoms with Crippen molar-refractivity contribution in [1.82, 2.24) is 10.3 Å². The van der Waals surface area contributed by atoms with E-state index in [2.05, 4.69) is 10.3 Å². The Balaban J connectivity index is 1.76. The molecule has 3 rings (SSSR count). The second kappa shape index (κ2) is 7.65. The monoisotopic (exact) mass is 352 g/mol. The van der Waals surface area contributed by atoms with Crippen LogP contribution < -0.4 is 10.1 Å². The van der Waals surface area contributed by atoms with Gasteiger partial charge in [0.05, 0.1) is 5.56 Å². The molecular formula is C20H17FN2O3. The Labute approximate surface area is 150 Å². The molecule has 0 radical (unpaired) electrons. The molecule has 5 nitrogen and oxygen atoms in total. The fourth-order valence-electron chi connectivity index (χ4n) is 2.40. The number of aryl methyl sites for hydroxylation is 1. The normalized spacial score (nSPS) is 10.4. The van der Waals surface area contributed by atoms with Gasteiger partial charge >= 0.3 is 0 Å². The lowest BCUT2D eigenvalue weighted by molar-refractivity contribution is 0.0948. The molecule has 1 amide bonds. The van der Waals surface area contributed by atoms with Gasteiger partial charge in [-0.3, -0.25) is 4.79 Å². The molecule has 26 heavy (non-hydrogen) atoms. The summed E-state index contributed by atoms with van der Waals surface area (Å²) in [6.45, 7) is 1.83. The van der Waals surface area contributed by atoms with Gasteiger partial charge in [-0.25, -0.2) is 9.37 Å². The van der Waals surface area contributed by atoms with E-state index in [1.807, 2.05) is 0 Å². The third-order valence-corrected chi connectivity index (χ3v) is 3.82. The van der Waals surface area contributed by atoms with Crippen LogP contribution in [0.1, 0.15) is 21.5 Å². The number of aromatic hydroxyl groups is 1. The maximum atomic E-state index is 13.8. The van der Waals surface area contributed by atoms with Gasteiger partial charge in [-0.05, 0) is 36.8 Å². The Bertz CT molecular complexity index is 944. The van der Waals surface area contributed by atoms with Gasteiger partial charge in [0.25, 0.3) is 5.91 Å². The molecule has 132 valence electrons. The zero-order valence-corrected chi connectivity index (χ0v) is 14.1. The minimum Gasteiger partial charge on any atom is -0.507 e. The van der Waals surface area contributed by atoms with Crippen molar-refractivity contribution in [1.29, 1.82) is 0 Å². The van der Waals surface area contributed by atoms with Crippen molar-refractivity contribution in [2.45, 2.75) is 13.5 Å². The topological polar surface area (TPSA) is 71.5 Å². The molecule has 3 aromatic rings. The van der Waals surface area contributed by atoms with E-state index in [-0.39, 0.29) is 29.5 Å². The Morgan fingerprint density at radius 1 is 1.15 bits per heavy atom. The molecule has 0 aliphatic carbocycles. The maximum Gasteiger partial charge on any atom is 0.255 e. The zero-order chi connectivity index (χ0) is 18.5. The number of nitrogens with zero attached hydrogens (tertiary/aromatic N) is 1. The van der Waals surface area contributed by atoms with Crippen molar-refractivity contribution < 1.29 is 19.0 Å². The smallest absolute Gasteiger partial charge is 0.255 e. The molecule has 0 unspecified atom stereocenters. The van der Waals surface area contributed by atoms with Crippen LogP contribution in [-0.4, -0.2) is 16.0 Å². The SMILES string of the molecule is Cc1cccc(C(=O)NCc2cccnc2Oc2ccccc2F)c1O. The van der Waals surface area contributed by atoms with E-state index in [1.165, 1.54) is 24.4 Å². The van der Waals surface area contributed by atoms with Gasteiger partial charge in [0, 0.05) is 18.3 Å². The van der Waals surface area contributed by atoms with Gasteiger partial charge in [-0.1, -0.05) is 30.3 Å². The summed E-state index contributed by atoms with van der Waals surface area (Å²) in [5, 5.41) is 12.7. The molecular weight excluding hydrogens is 335 g/mol. The highest BCUT2D eigenvalue weighted by molar-refractivity contribution is 5.97. The average molecular weight is 352 g/mol. The quantitative estimate of drug-likeness (QED) is 0.729. The number of hydrogen-bond acceptors (Lipinski definition) is 4. The summed E-state index contributed by atoms with van der Waals surface area (Å²) in [7, 11) is 0. The molecule has 1 aromatic heterocycles. The summed E-state index contributed by atoms with van der Waals surface area (Å²) >= 11 is 0. The highest BCUT2D eigenvalue weighted by Gasteiger charge is 2.14. The lowest BCUT2D eigenvalue weighted by Crippen LogP contribution is -2.23. The summed E-state index contributed by atoms with van der Waals surface area (Å²) in [6.07, 6.45) is 1.52. The average Bonchev–Trinajstić information content (AvgIpc) is 2.65. The first-order chi connectivity index (χ1) is 12.6. The number of ether oxygens (including phenoxy) is 1. The van der Waals surface area contributed by atoms with Crippen LogP contribution in [-0.2, 0) is 6.54 Å². The summed E-state index contributed by atoms with van der Waals surface area (Å²) in [5.74, 6) is -0.731. The van der Waals surface area contributed by atoms with Crippen LogP contribution >= 0.6 is 0 Å². The second-order valence-corrected chi connectivity index (χ2v) is 5.65. The Morgan fingerprint density at radius 3 is 2.77 bits per heavy atom. The predicted octanol–water partition coefficient (Wildman–Crippen LogP) is 3.96. The van der Waals surface area contributed by atoms with Crippen LogP contribution in [0.15, 0.2) is 60.8 Å². The van der Waals surface area contributed by atoms with E-state index in [4.69, 9.17) is 4.74 Å². The number of benzene rings is 2. The lowest BCUT2D eigenvalue weighted by Gasteiger charge is -2.12. The van der Waals surface area contributed by atoms with E-state index in [1.54, 1.807) is 43.3 Å². The number of halogens is 1. The Morgan fingerprint density at radius 2 is 1.96 bits per heavy atom. The number of pyridine rings is 1. The van der Waals surface area contributed by atoms with Crippen LogP contribution in [0.25, 0.3) is 0 Å². The van der Waals surface area contributed by atoms with Crippen molar-refractivity contribution in [3.63, 3.8) is 0 Å². The molecule has 0 atom stereocenters. The van der Waals surface area contributed by atoms with Gasteiger partial charge in [-0.2, -0.15) is 0 Å². The number of para-hydroxylation sites is 2. The zero-order valence-electron chi connectivity index (χ0n) is 14.1. The highest BCUT2D eigenvalue weighted by Crippen LogP contribution is 2.25. The molecule has 0 aliphatic heterocycles. The largest absolute Gasteiger partial charge is 0.507 e. The number of rotatable bonds is 5. The number of hydrogen-bond donors (Lipinski definition) is 2. The van der Waals surface area contributed by atoms with E-state index >= 15 is 0 Å². The van der Waals surface area contributed by atoms with Crippen LogP contribution in [0, 0.1) is 12.7 Å². The molecule has 0 saturated heterocycles. The fraction of sp³-hybridized carbons (Fsp3) is 0.100. The van der Waals surface area contributed by atoms with E-state index < -0.39 is 11.7 Å². The van der Waals surface area contributed by atoms with Crippen LogP contribution in [0.4, 0.5) is 4.39 Å². The molecule has 6 heteroatoms. The van der Waals surface area contributed by atoms with Crippen LogP contribution in [0.5, 0.6) is 17.4 Å². The first kappa shape index (κ1) is 17.4. The number of phenolic OH excluding ortho intramolecular Hbond substituents is 1. The standard InChI is InChI=1S/C20H17FN2O3/c1-13-6-4-8-15(18(13)24)19(25)23-12-14-7-5-11-22-20(14)26-17-10-3-2-9-16(17)21/h2-11,24H,12H2,1H3,(H,23,25). The molecule has 0 spiro atoms. The first-order valence-electron chi connectivity index (χ1n) is 7.99. The lowest BCUT2D eigenvalue weighted by atomic mass is 10.1. The molecule has 2 aromatic carbocycles. The number of nitrogens with one attached hydrogen (secondary N) is 1. The van der Waals surface area contributed by atoms with Crippen molar-refractivity contribution in [3.8, 4) is 17.4 Å². The van der Waals surface area contributed by atoms with Gasteiger partial charge in [-0.15, -0.1) is 0 Å². The third-order valence-electron chi connectivity index (χ3n) is 3.82. The number of carbonyl (C=O) groups excluding carboxylic acids is 1. The van der Waals surface area contributed by atoms with Crippen LogP contribution in [0.3, 0.4) is 0 Å². The van der Waals surface area contributed by atoms with Gasteiger partial charge < -0.3 is 15.2 Å². The summed E-state index contributed by atoms with van der Waals surface area (Å²) in [5.41, 5.74) is 1.38. The van der Waals surface area contributed by atoms with Gasteiger partial charge in [0.15, 0.2) is 11.6 Å². The van der Waals surface area contributed by atoms with Crippen molar-refractivity contribution in [2.24, 2.45) is 0 Å². The third kappa shape index (κ3) is 3.80. The summed E-state index contributed by atoms with van der Waals surface area (Å²) in [4.78, 5) is 16.4. The van der Waals surface area contributed by atoms with E-state index in [0.717, 1.165) is 0 Å².